The summed E-state index contributed by atoms with van der Waals surface area (Å²) in [5, 5.41) is 10.8. The Morgan fingerprint density at radius 2 is 1.56 bits per heavy atom. The van der Waals surface area contributed by atoms with Crippen molar-refractivity contribution in [1.82, 2.24) is 4.90 Å². The summed E-state index contributed by atoms with van der Waals surface area (Å²) in [7, 11) is 2.87. The molecule has 0 bridgehead atoms. The Labute approximate surface area is 209 Å². The van der Waals surface area contributed by atoms with E-state index in [4.69, 9.17) is 9.47 Å². The van der Waals surface area contributed by atoms with Gasteiger partial charge in [-0.15, -0.1) is 0 Å². The molecule has 1 N–H and O–H groups in total. The molecule has 7 heteroatoms. The van der Waals surface area contributed by atoms with E-state index in [0.717, 1.165) is 11.1 Å². The summed E-state index contributed by atoms with van der Waals surface area (Å²) in [6.07, 6.45) is 0.653. The number of Topliss-reactive ketones (excluding diaryl/α,β-unsaturated/α-hetero) is 1. The number of aliphatic hydroxyl groups excluding tert-OH is 1. The lowest BCUT2D eigenvalue weighted by molar-refractivity contribution is -0.130. The van der Waals surface area contributed by atoms with Crippen LogP contribution in [0.1, 0.15) is 39.5 Å². The predicted octanol–water partition coefficient (Wildman–Crippen LogP) is 4.58. The van der Waals surface area contributed by atoms with Crippen LogP contribution in [-0.2, 0) is 27.3 Å². The molecule has 0 fully saturated rings. The highest BCUT2D eigenvalue weighted by atomic mass is 16.5. The summed E-state index contributed by atoms with van der Waals surface area (Å²) in [6.45, 7) is 0.135. The molecule has 0 aliphatic carbocycles. The molecule has 1 atom stereocenters. The van der Waals surface area contributed by atoms with E-state index in [1.807, 2.05) is 30.3 Å². The zero-order valence-corrected chi connectivity index (χ0v) is 20.1. The highest BCUT2D eigenvalue weighted by Crippen LogP contribution is 2.40. The van der Waals surface area contributed by atoms with E-state index in [0.29, 0.717) is 23.3 Å². The SMILES string of the molecule is COC(=O)c1ccc(CN2C(=O)C(O)=C(C(=O)CCc3ccccc3)C2c2ccc(OC)cc2)cc1. The number of ketones is 1. The Morgan fingerprint density at radius 1 is 0.889 bits per heavy atom. The maximum absolute atomic E-state index is 13.4. The number of esters is 1. The normalized spacial score (nSPS) is 15.2. The van der Waals surface area contributed by atoms with E-state index >= 15 is 0 Å². The zero-order valence-electron chi connectivity index (χ0n) is 20.1. The fourth-order valence-electron chi connectivity index (χ4n) is 4.33. The number of rotatable bonds is 9. The van der Waals surface area contributed by atoms with Crippen LogP contribution in [0.25, 0.3) is 0 Å². The molecule has 1 heterocycles. The van der Waals surface area contributed by atoms with Crippen molar-refractivity contribution in [3.05, 3.63) is 112 Å². The van der Waals surface area contributed by atoms with Crippen LogP contribution in [0.5, 0.6) is 5.75 Å². The van der Waals surface area contributed by atoms with Crippen LogP contribution in [0.2, 0.25) is 0 Å². The van der Waals surface area contributed by atoms with Crippen molar-refractivity contribution in [3.63, 3.8) is 0 Å². The van der Waals surface area contributed by atoms with Gasteiger partial charge in [0.25, 0.3) is 5.91 Å². The highest BCUT2D eigenvalue weighted by molar-refractivity contribution is 6.09. The maximum atomic E-state index is 13.4. The van der Waals surface area contributed by atoms with Crippen LogP contribution in [0, 0.1) is 0 Å². The largest absolute Gasteiger partial charge is 0.503 e. The third-order valence-corrected chi connectivity index (χ3v) is 6.25. The van der Waals surface area contributed by atoms with Crippen LogP contribution in [0.15, 0.2) is 90.2 Å². The van der Waals surface area contributed by atoms with Crippen LogP contribution in [-0.4, -0.2) is 41.9 Å². The van der Waals surface area contributed by atoms with Crippen LogP contribution in [0.3, 0.4) is 0 Å². The predicted molar refractivity (Wildman–Crippen MR) is 133 cm³/mol. The number of methoxy groups -OCH3 is 2. The van der Waals surface area contributed by atoms with E-state index in [9.17, 15) is 19.5 Å². The molecular formula is C29H27NO6. The van der Waals surface area contributed by atoms with E-state index in [2.05, 4.69) is 0 Å². The van der Waals surface area contributed by atoms with Gasteiger partial charge < -0.3 is 19.5 Å². The number of amides is 1. The summed E-state index contributed by atoms with van der Waals surface area (Å²) in [5.41, 5.74) is 2.90. The van der Waals surface area contributed by atoms with Crippen molar-refractivity contribution >= 4 is 17.7 Å². The maximum Gasteiger partial charge on any atom is 0.337 e. The second-order valence-electron chi connectivity index (χ2n) is 8.47. The van der Waals surface area contributed by atoms with E-state index in [-0.39, 0.29) is 24.3 Å². The average molecular weight is 486 g/mol. The Hall–Kier alpha value is -4.39. The van der Waals surface area contributed by atoms with Gasteiger partial charge in [-0.1, -0.05) is 54.6 Å². The fraction of sp³-hybridized carbons (Fsp3) is 0.207. The van der Waals surface area contributed by atoms with Crippen molar-refractivity contribution in [2.75, 3.05) is 14.2 Å². The molecule has 0 spiro atoms. The minimum Gasteiger partial charge on any atom is -0.503 e. The molecule has 1 aliphatic heterocycles. The van der Waals surface area contributed by atoms with Gasteiger partial charge >= 0.3 is 5.97 Å². The third kappa shape index (κ3) is 5.15. The van der Waals surface area contributed by atoms with Gasteiger partial charge in [-0.25, -0.2) is 4.79 Å². The number of aliphatic hydroxyl groups is 1. The first-order valence-corrected chi connectivity index (χ1v) is 11.6. The Balaban J connectivity index is 1.64. The van der Waals surface area contributed by atoms with Crippen LogP contribution < -0.4 is 4.74 Å². The second-order valence-corrected chi connectivity index (χ2v) is 8.47. The van der Waals surface area contributed by atoms with Gasteiger partial charge in [-0.05, 0) is 47.4 Å². The molecule has 3 aromatic rings. The van der Waals surface area contributed by atoms with E-state index in [1.165, 1.54) is 12.0 Å². The minimum atomic E-state index is -0.757. The number of carbonyl (C=O) groups is 3. The van der Waals surface area contributed by atoms with Crippen molar-refractivity contribution in [3.8, 4) is 5.75 Å². The molecule has 1 aliphatic rings. The lowest BCUT2D eigenvalue weighted by Crippen LogP contribution is -2.30. The molecule has 3 aromatic carbocycles. The van der Waals surface area contributed by atoms with Crippen LogP contribution >= 0.6 is 0 Å². The molecule has 7 nitrogen and oxygen atoms in total. The summed E-state index contributed by atoms with van der Waals surface area (Å²) < 4.78 is 9.99. The first-order valence-electron chi connectivity index (χ1n) is 11.6. The molecule has 0 saturated carbocycles. The van der Waals surface area contributed by atoms with Gasteiger partial charge in [0.15, 0.2) is 11.5 Å². The molecule has 184 valence electrons. The minimum absolute atomic E-state index is 0.0901. The number of hydrogen-bond acceptors (Lipinski definition) is 6. The summed E-state index contributed by atoms with van der Waals surface area (Å²) in [6, 6.07) is 22.6. The molecular weight excluding hydrogens is 458 g/mol. The highest BCUT2D eigenvalue weighted by Gasteiger charge is 2.43. The van der Waals surface area contributed by atoms with Crippen LogP contribution in [0.4, 0.5) is 0 Å². The second kappa shape index (κ2) is 10.9. The van der Waals surface area contributed by atoms with Gasteiger partial charge in [0.2, 0.25) is 0 Å². The van der Waals surface area contributed by atoms with Gasteiger partial charge in [0, 0.05) is 13.0 Å². The first-order chi connectivity index (χ1) is 17.4. The van der Waals surface area contributed by atoms with Crippen molar-refractivity contribution in [1.29, 1.82) is 0 Å². The van der Waals surface area contributed by atoms with E-state index in [1.54, 1.807) is 55.6 Å². The number of benzene rings is 3. The van der Waals surface area contributed by atoms with Crippen molar-refractivity contribution in [2.24, 2.45) is 0 Å². The lowest BCUT2D eigenvalue weighted by atomic mass is 9.93. The number of aryl methyl sites for hydroxylation is 1. The monoisotopic (exact) mass is 485 g/mol. The third-order valence-electron chi connectivity index (χ3n) is 6.25. The Bertz CT molecular complexity index is 1280. The number of carbonyl (C=O) groups excluding carboxylic acids is 3. The van der Waals surface area contributed by atoms with Crippen molar-refractivity contribution in [2.45, 2.75) is 25.4 Å². The molecule has 0 aromatic heterocycles. The van der Waals surface area contributed by atoms with E-state index < -0.39 is 23.7 Å². The fourth-order valence-corrected chi connectivity index (χ4v) is 4.33. The Kier molecular flexibility index (Phi) is 7.49. The van der Waals surface area contributed by atoms with Gasteiger partial charge in [0.05, 0.1) is 31.4 Å². The summed E-state index contributed by atoms with van der Waals surface area (Å²) in [4.78, 5) is 39.8. The van der Waals surface area contributed by atoms with Crippen molar-refractivity contribution < 1.29 is 29.0 Å². The summed E-state index contributed by atoms with van der Waals surface area (Å²) in [5.74, 6) is -1.25. The number of ether oxygens (including phenoxy) is 2. The first kappa shape index (κ1) is 24.7. The average Bonchev–Trinajstić information content (AvgIpc) is 3.17. The molecule has 0 saturated heterocycles. The standard InChI is InChI=1S/C29H27NO6/c1-35-23-15-13-21(14-16-23)26-25(24(31)17-10-19-6-4-3-5-7-19)27(32)28(33)30(26)18-20-8-11-22(12-9-20)29(34)36-2/h3-9,11-16,26,32H,10,17-18H2,1-2H3. The molecule has 4 rings (SSSR count). The smallest absolute Gasteiger partial charge is 0.337 e. The molecule has 1 unspecified atom stereocenters. The Morgan fingerprint density at radius 3 is 2.17 bits per heavy atom. The number of nitrogens with zero attached hydrogens (tertiary/aromatic N) is 1. The molecule has 36 heavy (non-hydrogen) atoms. The van der Waals surface area contributed by atoms with Gasteiger partial charge in [-0.3, -0.25) is 9.59 Å². The number of hydrogen-bond donors (Lipinski definition) is 1. The zero-order chi connectivity index (χ0) is 25.7. The van der Waals surface area contributed by atoms with Gasteiger partial charge in [-0.2, -0.15) is 0 Å². The summed E-state index contributed by atoms with van der Waals surface area (Å²) >= 11 is 0. The molecule has 0 radical (unpaired) electrons. The topological polar surface area (TPSA) is 93.1 Å². The lowest BCUT2D eigenvalue weighted by Gasteiger charge is -2.27. The van der Waals surface area contributed by atoms with Gasteiger partial charge in [0.1, 0.15) is 5.75 Å². The quantitative estimate of drug-likeness (QED) is 0.446. The molecule has 1 amide bonds.